The maximum Gasteiger partial charge on any atom is 0.220 e. The molecule has 0 aromatic rings. The van der Waals surface area contributed by atoms with Gasteiger partial charge in [-0.2, -0.15) is 0 Å². The molecule has 17 unspecified atom stereocenters. The fourth-order valence-corrected chi connectivity index (χ4v) is 9.73. The van der Waals surface area contributed by atoms with Crippen molar-refractivity contribution >= 4 is 5.91 Å². The van der Waals surface area contributed by atoms with Crippen LogP contribution in [-0.4, -0.2) is 193 Å². The third-order valence-corrected chi connectivity index (χ3v) is 14.6. The number of hydrogen-bond donors (Lipinski definition) is 12. The molecule has 0 aliphatic carbocycles. The summed E-state index contributed by atoms with van der Waals surface area (Å²) in [4.78, 5) is 13.2. The molecule has 19 nitrogen and oxygen atoms in total. The van der Waals surface area contributed by atoms with Crippen molar-refractivity contribution in [1.82, 2.24) is 5.32 Å². The van der Waals surface area contributed by atoms with Crippen LogP contribution in [0.15, 0.2) is 60.8 Å². The van der Waals surface area contributed by atoms with Crippen LogP contribution in [0.4, 0.5) is 0 Å². The number of unbranched alkanes of at least 4 members (excludes halogenated alkanes) is 18. The van der Waals surface area contributed by atoms with Crippen LogP contribution in [0, 0.1) is 0 Å². The van der Waals surface area contributed by atoms with Gasteiger partial charge in [0, 0.05) is 6.42 Å². The molecule has 0 aromatic heterocycles. The molecule has 1 amide bonds. The average Bonchev–Trinajstić information content (AvgIpc) is 3.43. The van der Waals surface area contributed by atoms with E-state index in [2.05, 4.69) is 55.6 Å². The van der Waals surface area contributed by atoms with Crippen molar-refractivity contribution in [2.24, 2.45) is 0 Å². The molecule has 3 rings (SSSR count). The summed E-state index contributed by atoms with van der Waals surface area (Å²) in [6.07, 6.45) is 20.9. The number of ether oxygens (including phenoxy) is 6. The van der Waals surface area contributed by atoms with Gasteiger partial charge in [0.15, 0.2) is 18.9 Å². The minimum atomic E-state index is -1.99. The van der Waals surface area contributed by atoms with Gasteiger partial charge >= 0.3 is 0 Å². The quantitative estimate of drug-likeness (QED) is 0.0287. The van der Waals surface area contributed by atoms with Gasteiger partial charge in [-0.1, -0.05) is 184 Å². The first kappa shape index (κ1) is 69.8. The molecule has 0 bridgehead atoms. The number of aliphatic hydroxyl groups excluding tert-OH is 11. The van der Waals surface area contributed by atoms with E-state index in [1.165, 1.54) is 96.3 Å². The molecule has 12 N–H and O–H groups in total. The molecule has 3 aliphatic heterocycles. The van der Waals surface area contributed by atoms with Gasteiger partial charge in [-0.05, 0) is 44.9 Å². The highest BCUT2D eigenvalue weighted by Gasteiger charge is 2.53. The topological polar surface area (TPSA) is 307 Å². The molecular formula is C59H103NO18. The van der Waals surface area contributed by atoms with Gasteiger partial charge in [-0.15, -0.1) is 0 Å². The van der Waals surface area contributed by atoms with Crippen molar-refractivity contribution < 1.29 is 89.4 Å². The Balaban J connectivity index is 1.52. The van der Waals surface area contributed by atoms with E-state index in [9.17, 15) is 61.0 Å². The third kappa shape index (κ3) is 26.2. The first-order chi connectivity index (χ1) is 37.8. The molecule has 0 radical (unpaired) electrons. The summed E-state index contributed by atoms with van der Waals surface area (Å²) in [5, 5.41) is 120. The van der Waals surface area contributed by atoms with Crippen molar-refractivity contribution in [3.8, 4) is 0 Å². The second kappa shape index (κ2) is 42.3. The Morgan fingerprint density at radius 3 is 1.36 bits per heavy atom. The number of carbonyl (C=O) groups excluding carboxylic acids is 1. The van der Waals surface area contributed by atoms with Crippen LogP contribution in [0.2, 0.25) is 0 Å². The van der Waals surface area contributed by atoms with Crippen LogP contribution in [-0.2, 0) is 33.2 Å². The second-order valence-electron chi connectivity index (χ2n) is 21.1. The predicted octanol–water partition coefficient (Wildman–Crippen LogP) is 4.87. The molecular weight excluding hydrogens is 1010 g/mol. The lowest BCUT2D eigenvalue weighted by Gasteiger charge is -2.48. The summed E-state index contributed by atoms with van der Waals surface area (Å²) in [7, 11) is 0. The standard InChI is InChI=1S/C59H103NO18/c1-3-5-7-9-11-13-15-17-18-19-20-21-22-23-25-26-28-30-32-34-36-43(64)42(60-47(65)37-35-33-31-29-27-24-16-14-12-10-8-6-4-2)41-73-57-53(71)50(68)55(45(39-62)75-57)78-59-54(72)51(69)56(46(40-63)76-59)77-58-52(70)49(67)48(66)44(38-61)74-58/h6,8,12,14,24,27,31,33-34,36,42-46,48-59,61-64,66-72H,3-5,7,9-11,13,15-23,25-26,28-30,32,35,37-41H2,1-2H3,(H,60,65)/b8-6-,14-12-,27-24-,33-31-,36-34+. The van der Waals surface area contributed by atoms with Crippen molar-refractivity contribution in [3.05, 3.63) is 60.8 Å². The van der Waals surface area contributed by atoms with Crippen LogP contribution in [0.3, 0.4) is 0 Å². The van der Waals surface area contributed by atoms with Crippen molar-refractivity contribution in [2.45, 2.75) is 279 Å². The van der Waals surface area contributed by atoms with E-state index in [4.69, 9.17) is 28.4 Å². The van der Waals surface area contributed by atoms with E-state index in [-0.39, 0.29) is 18.9 Å². The lowest BCUT2D eigenvalue weighted by atomic mass is 9.96. The van der Waals surface area contributed by atoms with Gasteiger partial charge in [0.25, 0.3) is 0 Å². The Hall–Kier alpha value is -2.51. The van der Waals surface area contributed by atoms with Crippen molar-refractivity contribution in [1.29, 1.82) is 0 Å². The zero-order chi connectivity index (χ0) is 56.9. The Bertz CT molecular complexity index is 1660. The predicted molar refractivity (Wildman–Crippen MR) is 295 cm³/mol. The van der Waals surface area contributed by atoms with Gasteiger partial charge in [-0.25, -0.2) is 0 Å². The molecule has 0 saturated carbocycles. The minimum Gasteiger partial charge on any atom is -0.394 e. The smallest absolute Gasteiger partial charge is 0.220 e. The number of allylic oxidation sites excluding steroid dienone is 9. The normalized spacial score (nSPS) is 30.9. The Morgan fingerprint density at radius 1 is 0.474 bits per heavy atom. The molecule has 0 aromatic carbocycles. The fourth-order valence-electron chi connectivity index (χ4n) is 9.73. The van der Waals surface area contributed by atoms with E-state index >= 15 is 0 Å². The molecule has 452 valence electrons. The first-order valence-corrected chi connectivity index (χ1v) is 29.5. The van der Waals surface area contributed by atoms with E-state index < -0.39 is 124 Å². The first-order valence-electron chi connectivity index (χ1n) is 29.5. The molecule has 19 heteroatoms. The number of amides is 1. The number of nitrogens with one attached hydrogen (secondary N) is 1. The zero-order valence-electron chi connectivity index (χ0n) is 46.9. The Kier molecular flexibility index (Phi) is 37.9. The van der Waals surface area contributed by atoms with Crippen LogP contribution < -0.4 is 5.32 Å². The maximum atomic E-state index is 13.2. The van der Waals surface area contributed by atoms with E-state index in [1.54, 1.807) is 6.08 Å². The highest BCUT2D eigenvalue weighted by Crippen LogP contribution is 2.33. The number of rotatable bonds is 42. The summed E-state index contributed by atoms with van der Waals surface area (Å²) in [6, 6.07) is -1.01. The van der Waals surface area contributed by atoms with Gasteiger partial charge < -0.3 is 89.9 Å². The van der Waals surface area contributed by atoms with Gasteiger partial charge in [0.05, 0.1) is 38.6 Å². The fraction of sp³-hybridized carbons (Fsp3) is 0.814. The lowest BCUT2D eigenvalue weighted by Crippen LogP contribution is -2.66. The summed E-state index contributed by atoms with van der Waals surface area (Å²) in [5.41, 5.74) is 0. The molecule has 3 saturated heterocycles. The van der Waals surface area contributed by atoms with Crippen molar-refractivity contribution in [3.63, 3.8) is 0 Å². The molecule has 0 spiro atoms. The Morgan fingerprint density at radius 2 is 0.885 bits per heavy atom. The monoisotopic (exact) mass is 1110 g/mol. The largest absolute Gasteiger partial charge is 0.394 e. The van der Waals surface area contributed by atoms with E-state index in [0.29, 0.717) is 12.8 Å². The average molecular weight is 1110 g/mol. The number of aliphatic hydroxyl groups is 11. The third-order valence-electron chi connectivity index (χ3n) is 14.6. The molecule has 3 heterocycles. The summed E-state index contributed by atoms with van der Waals surface area (Å²) >= 11 is 0. The molecule has 78 heavy (non-hydrogen) atoms. The summed E-state index contributed by atoms with van der Waals surface area (Å²) < 4.78 is 34.2. The summed E-state index contributed by atoms with van der Waals surface area (Å²) in [5.74, 6) is -0.357. The maximum absolute atomic E-state index is 13.2. The van der Waals surface area contributed by atoms with Crippen LogP contribution in [0.1, 0.15) is 174 Å². The van der Waals surface area contributed by atoms with E-state index in [1.807, 2.05) is 18.2 Å². The van der Waals surface area contributed by atoms with Crippen LogP contribution in [0.5, 0.6) is 0 Å². The number of carbonyl (C=O) groups is 1. The zero-order valence-corrected chi connectivity index (χ0v) is 46.9. The van der Waals surface area contributed by atoms with Gasteiger partial charge in [0.2, 0.25) is 5.91 Å². The molecule has 17 atom stereocenters. The SMILES string of the molecule is CC/C=C\C/C=C\C/C=C\C/C=C\CCC(=O)NC(COC1OC(CO)C(OC2OC(CO)C(OC3OC(CO)C(O)C(O)C3O)C(O)C2O)C(O)C1O)C(O)/C=C/CCCCCCCCCCCCCCCCCCCC. The minimum absolute atomic E-state index is 0.120. The van der Waals surface area contributed by atoms with Gasteiger partial charge in [0.1, 0.15) is 73.2 Å². The highest BCUT2D eigenvalue weighted by atomic mass is 16.8. The van der Waals surface area contributed by atoms with E-state index in [0.717, 1.165) is 44.9 Å². The molecule has 3 fully saturated rings. The number of hydrogen-bond acceptors (Lipinski definition) is 18. The highest BCUT2D eigenvalue weighted by molar-refractivity contribution is 5.76. The Labute approximate surface area is 465 Å². The molecule has 3 aliphatic rings. The van der Waals surface area contributed by atoms with Crippen LogP contribution in [0.25, 0.3) is 0 Å². The summed E-state index contributed by atoms with van der Waals surface area (Å²) in [6.45, 7) is 1.54. The van der Waals surface area contributed by atoms with Crippen molar-refractivity contribution in [2.75, 3.05) is 26.4 Å². The second-order valence-corrected chi connectivity index (χ2v) is 21.1. The lowest BCUT2D eigenvalue weighted by molar-refractivity contribution is -0.379. The van der Waals surface area contributed by atoms with Crippen LogP contribution >= 0.6 is 0 Å². The van der Waals surface area contributed by atoms with Gasteiger partial charge in [-0.3, -0.25) is 4.79 Å².